The average Bonchev–Trinajstić information content (AvgIpc) is 2.57. The van der Waals surface area contributed by atoms with Crippen LogP contribution in [0.1, 0.15) is 30.9 Å². The van der Waals surface area contributed by atoms with Gasteiger partial charge in [0.2, 0.25) is 5.91 Å². The lowest BCUT2D eigenvalue weighted by atomic mass is 10.0. The number of carbonyl (C=O) groups excluding carboxylic acids is 1. The van der Waals surface area contributed by atoms with Crippen LogP contribution < -0.4 is 15.0 Å². The lowest BCUT2D eigenvalue weighted by molar-refractivity contribution is -0.117. The van der Waals surface area contributed by atoms with E-state index in [9.17, 15) is 4.79 Å². The van der Waals surface area contributed by atoms with Crippen molar-refractivity contribution in [2.45, 2.75) is 26.3 Å². The summed E-state index contributed by atoms with van der Waals surface area (Å²) in [7, 11) is 1.64. The summed E-state index contributed by atoms with van der Waals surface area (Å²) in [4.78, 5) is 14.2. The molecule has 0 unspecified atom stereocenters. The molecule has 120 valence electrons. The highest BCUT2D eigenvalue weighted by Crippen LogP contribution is 2.34. The van der Waals surface area contributed by atoms with Crippen LogP contribution in [0, 0.1) is 0 Å². The van der Waals surface area contributed by atoms with Crippen LogP contribution in [0.5, 0.6) is 5.75 Å². The molecule has 0 saturated carbocycles. The van der Waals surface area contributed by atoms with E-state index in [1.165, 1.54) is 5.56 Å². The highest BCUT2D eigenvalue weighted by Gasteiger charge is 2.24. The standard InChI is InChI=1S/C19H22N2O2/c1-13(2)15-6-4-14(5-7-15)12-21-18-9-8-16(23-3)10-17(18)20-11-19(21)22/h4-10,13,20H,11-12H2,1-3H3. The van der Waals surface area contributed by atoms with E-state index in [0.717, 1.165) is 22.7 Å². The fraction of sp³-hybridized carbons (Fsp3) is 0.316. The molecule has 4 nitrogen and oxygen atoms in total. The van der Waals surface area contributed by atoms with Crippen LogP contribution in [0.4, 0.5) is 11.4 Å². The molecule has 0 bridgehead atoms. The zero-order valence-corrected chi connectivity index (χ0v) is 13.8. The van der Waals surface area contributed by atoms with E-state index < -0.39 is 0 Å². The summed E-state index contributed by atoms with van der Waals surface area (Å²) in [6.07, 6.45) is 0. The first kappa shape index (κ1) is 15.4. The van der Waals surface area contributed by atoms with Crippen molar-refractivity contribution in [3.05, 3.63) is 53.6 Å². The SMILES string of the molecule is COc1ccc2c(c1)NCC(=O)N2Cc1ccc(C(C)C)cc1. The van der Waals surface area contributed by atoms with E-state index in [1.807, 2.05) is 23.1 Å². The number of nitrogens with zero attached hydrogens (tertiary/aromatic N) is 1. The Morgan fingerprint density at radius 3 is 2.57 bits per heavy atom. The molecule has 1 amide bonds. The second-order valence-corrected chi connectivity index (χ2v) is 6.11. The second-order valence-electron chi connectivity index (χ2n) is 6.11. The Hall–Kier alpha value is -2.49. The molecule has 3 rings (SSSR count). The van der Waals surface area contributed by atoms with E-state index in [1.54, 1.807) is 7.11 Å². The number of fused-ring (bicyclic) bond motifs is 1. The molecule has 0 saturated heterocycles. The van der Waals surface area contributed by atoms with Crippen LogP contribution in [0.25, 0.3) is 0 Å². The van der Waals surface area contributed by atoms with Gasteiger partial charge in [-0.1, -0.05) is 38.1 Å². The largest absolute Gasteiger partial charge is 0.497 e. The smallest absolute Gasteiger partial charge is 0.246 e. The van der Waals surface area contributed by atoms with Crippen molar-refractivity contribution >= 4 is 17.3 Å². The highest BCUT2D eigenvalue weighted by molar-refractivity contribution is 6.02. The summed E-state index contributed by atoms with van der Waals surface area (Å²) in [5.41, 5.74) is 4.27. The van der Waals surface area contributed by atoms with Crippen molar-refractivity contribution in [1.29, 1.82) is 0 Å². The maximum Gasteiger partial charge on any atom is 0.246 e. The minimum absolute atomic E-state index is 0.0793. The van der Waals surface area contributed by atoms with Crippen molar-refractivity contribution in [2.24, 2.45) is 0 Å². The fourth-order valence-corrected chi connectivity index (χ4v) is 2.78. The van der Waals surface area contributed by atoms with Crippen LogP contribution >= 0.6 is 0 Å². The number of carbonyl (C=O) groups is 1. The molecule has 23 heavy (non-hydrogen) atoms. The lowest BCUT2D eigenvalue weighted by Crippen LogP contribution is -2.39. The van der Waals surface area contributed by atoms with Gasteiger partial charge in [-0.3, -0.25) is 4.79 Å². The van der Waals surface area contributed by atoms with Gasteiger partial charge in [0, 0.05) is 6.07 Å². The van der Waals surface area contributed by atoms with Crippen molar-refractivity contribution in [1.82, 2.24) is 0 Å². The van der Waals surface area contributed by atoms with Gasteiger partial charge in [0.05, 0.1) is 31.6 Å². The van der Waals surface area contributed by atoms with Gasteiger partial charge in [-0.15, -0.1) is 0 Å². The van der Waals surface area contributed by atoms with Crippen LogP contribution in [0.2, 0.25) is 0 Å². The summed E-state index contributed by atoms with van der Waals surface area (Å²) in [5, 5.41) is 3.16. The number of ether oxygens (including phenoxy) is 1. The highest BCUT2D eigenvalue weighted by atomic mass is 16.5. The predicted octanol–water partition coefficient (Wildman–Crippen LogP) is 3.78. The van der Waals surface area contributed by atoms with Crippen molar-refractivity contribution in [3.8, 4) is 5.75 Å². The fourth-order valence-electron chi connectivity index (χ4n) is 2.78. The molecule has 0 atom stereocenters. The van der Waals surface area contributed by atoms with Crippen molar-refractivity contribution in [2.75, 3.05) is 23.9 Å². The predicted molar refractivity (Wildman–Crippen MR) is 93.2 cm³/mol. The number of amides is 1. The van der Waals surface area contributed by atoms with Gasteiger partial charge in [0.15, 0.2) is 0 Å². The van der Waals surface area contributed by atoms with Gasteiger partial charge < -0.3 is 15.0 Å². The van der Waals surface area contributed by atoms with E-state index in [0.29, 0.717) is 19.0 Å². The molecule has 4 heteroatoms. The Morgan fingerprint density at radius 1 is 1.17 bits per heavy atom. The third-order valence-electron chi connectivity index (χ3n) is 4.21. The summed E-state index contributed by atoms with van der Waals surface area (Å²) < 4.78 is 5.25. The van der Waals surface area contributed by atoms with Crippen LogP contribution in [0.15, 0.2) is 42.5 Å². The van der Waals surface area contributed by atoms with Gasteiger partial charge in [-0.2, -0.15) is 0 Å². The number of methoxy groups -OCH3 is 1. The number of hydrogen-bond acceptors (Lipinski definition) is 3. The van der Waals surface area contributed by atoms with Gasteiger partial charge in [0.1, 0.15) is 5.75 Å². The van der Waals surface area contributed by atoms with Crippen molar-refractivity contribution < 1.29 is 9.53 Å². The first-order chi connectivity index (χ1) is 11.1. The number of nitrogens with one attached hydrogen (secondary N) is 1. The summed E-state index contributed by atoms with van der Waals surface area (Å²) in [5.74, 6) is 1.38. The zero-order chi connectivity index (χ0) is 16.4. The maximum atomic E-state index is 12.3. The number of hydrogen-bond donors (Lipinski definition) is 1. The van der Waals surface area contributed by atoms with E-state index in [4.69, 9.17) is 4.74 Å². The molecular formula is C19H22N2O2. The average molecular weight is 310 g/mol. The van der Waals surface area contributed by atoms with Crippen molar-refractivity contribution in [3.63, 3.8) is 0 Å². The molecule has 2 aromatic rings. The first-order valence-corrected chi connectivity index (χ1v) is 7.89. The Bertz CT molecular complexity index is 708. The molecule has 1 aliphatic rings. The molecule has 2 aromatic carbocycles. The van der Waals surface area contributed by atoms with Crippen LogP contribution in [0.3, 0.4) is 0 Å². The normalized spacial score (nSPS) is 13.7. The molecule has 0 radical (unpaired) electrons. The number of benzene rings is 2. The molecule has 0 aromatic heterocycles. The summed E-state index contributed by atoms with van der Waals surface area (Å²) in [6.45, 7) is 5.25. The van der Waals surface area contributed by atoms with Gasteiger partial charge in [0.25, 0.3) is 0 Å². The molecule has 1 aliphatic heterocycles. The minimum Gasteiger partial charge on any atom is -0.497 e. The quantitative estimate of drug-likeness (QED) is 0.934. The Morgan fingerprint density at radius 2 is 1.91 bits per heavy atom. The Balaban J connectivity index is 1.86. The Kier molecular flexibility index (Phi) is 4.24. The van der Waals surface area contributed by atoms with Crippen LogP contribution in [-0.4, -0.2) is 19.6 Å². The van der Waals surface area contributed by atoms with E-state index in [-0.39, 0.29) is 5.91 Å². The maximum absolute atomic E-state index is 12.3. The molecule has 1 heterocycles. The molecule has 1 N–H and O–H groups in total. The topological polar surface area (TPSA) is 41.6 Å². The van der Waals surface area contributed by atoms with Gasteiger partial charge >= 0.3 is 0 Å². The third-order valence-corrected chi connectivity index (χ3v) is 4.21. The lowest BCUT2D eigenvalue weighted by Gasteiger charge is -2.30. The van der Waals surface area contributed by atoms with Gasteiger partial charge in [-0.25, -0.2) is 0 Å². The van der Waals surface area contributed by atoms with E-state index >= 15 is 0 Å². The molecule has 0 fully saturated rings. The van der Waals surface area contributed by atoms with Crippen LogP contribution in [-0.2, 0) is 11.3 Å². The molecular weight excluding hydrogens is 288 g/mol. The molecule has 0 spiro atoms. The first-order valence-electron chi connectivity index (χ1n) is 7.89. The number of anilines is 2. The summed E-state index contributed by atoms with van der Waals surface area (Å²) in [6, 6.07) is 14.2. The van der Waals surface area contributed by atoms with E-state index in [2.05, 4.69) is 43.4 Å². The van der Waals surface area contributed by atoms with Gasteiger partial charge in [-0.05, 0) is 29.2 Å². The zero-order valence-electron chi connectivity index (χ0n) is 13.8. The second kappa shape index (κ2) is 6.32. The monoisotopic (exact) mass is 310 g/mol. The third kappa shape index (κ3) is 3.16. The summed E-state index contributed by atoms with van der Waals surface area (Å²) >= 11 is 0. The minimum atomic E-state index is 0.0793. The Labute approximate surface area is 137 Å². The number of rotatable bonds is 4. The molecule has 0 aliphatic carbocycles.